The van der Waals surface area contributed by atoms with Gasteiger partial charge in [-0.3, -0.25) is 19.9 Å². The zero-order valence-corrected chi connectivity index (χ0v) is 24.2. The molecule has 1 amide bonds. The number of sulfone groups is 1. The minimum Gasteiger partial charge on any atom is -0.335 e. The maximum absolute atomic E-state index is 14.6. The molecular weight excluding hydrogens is 585 g/mol. The first kappa shape index (κ1) is 27.7. The Bertz CT molecular complexity index is 2190. The second-order valence-electron chi connectivity index (χ2n) is 10.9. The number of H-pyrrole nitrogens is 2. The number of carbonyl (C=O) groups is 1. The Labute approximate surface area is 250 Å². The maximum atomic E-state index is 14.6. The van der Waals surface area contributed by atoms with Crippen molar-refractivity contribution in [3.63, 3.8) is 0 Å². The average Bonchev–Trinajstić information content (AvgIpc) is 3.59. The molecule has 7 rings (SSSR count). The number of fused-ring (bicyclic) bond motifs is 2. The molecule has 5 N–H and O–H groups in total. The van der Waals surface area contributed by atoms with Gasteiger partial charge in [-0.2, -0.15) is 5.10 Å². The van der Waals surface area contributed by atoms with Crippen molar-refractivity contribution in [1.29, 1.82) is 0 Å². The summed E-state index contributed by atoms with van der Waals surface area (Å²) in [4.78, 5) is 33.8. The lowest BCUT2D eigenvalue weighted by molar-refractivity contribution is -0.122. The molecule has 0 aliphatic heterocycles. The molecule has 1 atom stereocenters. The summed E-state index contributed by atoms with van der Waals surface area (Å²) < 4.78 is 38.7. The second kappa shape index (κ2) is 10.6. The topological polar surface area (TPSA) is 185 Å². The SMILES string of the molecule is CS(=O)(=O)C(N)c1cc(F)cc(-c2cncc3[nH]c(-c4n[nH]c5ccc(-c6cncc(NC(=O)C7CCC7)c6)nc45)nc23)c1. The highest BCUT2D eigenvalue weighted by Gasteiger charge is 2.25. The van der Waals surface area contributed by atoms with Crippen LogP contribution in [0.25, 0.3) is 56.0 Å². The minimum absolute atomic E-state index is 0.00202. The van der Waals surface area contributed by atoms with Crippen molar-refractivity contribution in [1.82, 2.24) is 35.1 Å². The van der Waals surface area contributed by atoms with E-state index in [0.717, 1.165) is 37.1 Å². The summed E-state index contributed by atoms with van der Waals surface area (Å²) in [5.74, 6) is -0.189. The molecule has 0 spiro atoms. The van der Waals surface area contributed by atoms with E-state index in [1.54, 1.807) is 18.6 Å². The highest BCUT2D eigenvalue weighted by molar-refractivity contribution is 7.90. The van der Waals surface area contributed by atoms with Crippen LogP contribution in [0.5, 0.6) is 0 Å². The Kier molecular flexibility index (Phi) is 6.66. The molecule has 5 aromatic heterocycles. The molecule has 44 heavy (non-hydrogen) atoms. The third-order valence-corrected chi connectivity index (χ3v) is 9.02. The number of hydrogen-bond acceptors (Lipinski definition) is 9. The number of rotatable bonds is 7. The highest BCUT2D eigenvalue weighted by atomic mass is 32.2. The van der Waals surface area contributed by atoms with Gasteiger partial charge >= 0.3 is 0 Å². The number of benzene rings is 1. The summed E-state index contributed by atoms with van der Waals surface area (Å²) >= 11 is 0. The van der Waals surface area contributed by atoms with E-state index in [1.807, 2.05) is 18.2 Å². The summed E-state index contributed by atoms with van der Waals surface area (Å²) in [5, 5.41) is 8.99. The molecule has 0 radical (unpaired) electrons. The first-order valence-corrected chi connectivity index (χ1v) is 15.8. The predicted octanol–water partition coefficient (Wildman–Crippen LogP) is 4.50. The molecule has 5 heterocycles. The molecule has 12 nitrogen and oxygen atoms in total. The molecule has 1 aromatic carbocycles. The number of imidazole rings is 1. The van der Waals surface area contributed by atoms with Crippen LogP contribution in [0.1, 0.15) is 30.2 Å². The van der Waals surface area contributed by atoms with Gasteiger partial charge in [0.2, 0.25) is 5.91 Å². The van der Waals surface area contributed by atoms with E-state index in [4.69, 9.17) is 15.7 Å². The number of carbonyl (C=O) groups excluding carboxylic acids is 1. The number of halogens is 1. The molecule has 6 aromatic rings. The van der Waals surface area contributed by atoms with Crippen molar-refractivity contribution < 1.29 is 17.6 Å². The van der Waals surface area contributed by atoms with E-state index in [-0.39, 0.29) is 17.4 Å². The van der Waals surface area contributed by atoms with Gasteiger partial charge in [0.25, 0.3) is 0 Å². The zero-order valence-electron chi connectivity index (χ0n) is 23.4. The highest BCUT2D eigenvalue weighted by Crippen LogP contribution is 2.33. The van der Waals surface area contributed by atoms with Crippen LogP contribution in [0.3, 0.4) is 0 Å². The number of anilines is 1. The van der Waals surface area contributed by atoms with Gasteiger partial charge < -0.3 is 16.0 Å². The lowest BCUT2D eigenvalue weighted by atomic mass is 9.85. The Hall–Kier alpha value is -5.08. The van der Waals surface area contributed by atoms with Crippen molar-refractivity contribution in [2.24, 2.45) is 11.7 Å². The van der Waals surface area contributed by atoms with E-state index in [9.17, 15) is 17.6 Å². The van der Waals surface area contributed by atoms with Gasteiger partial charge in [-0.1, -0.05) is 6.42 Å². The van der Waals surface area contributed by atoms with Gasteiger partial charge in [-0.05, 0) is 60.4 Å². The third-order valence-electron chi connectivity index (χ3n) is 7.82. The van der Waals surface area contributed by atoms with Gasteiger partial charge in [0.15, 0.2) is 21.4 Å². The molecule has 1 saturated carbocycles. The smallest absolute Gasteiger partial charge is 0.227 e. The molecule has 1 aliphatic rings. The maximum Gasteiger partial charge on any atom is 0.227 e. The first-order chi connectivity index (χ1) is 21.1. The van der Waals surface area contributed by atoms with Gasteiger partial charge in [0.1, 0.15) is 16.7 Å². The summed E-state index contributed by atoms with van der Waals surface area (Å²) in [6, 6.07) is 9.42. The van der Waals surface area contributed by atoms with Gasteiger partial charge in [-0.15, -0.1) is 0 Å². The molecule has 0 bridgehead atoms. The van der Waals surface area contributed by atoms with Crippen LogP contribution < -0.4 is 11.1 Å². The second-order valence-corrected chi connectivity index (χ2v) is 13.1. The van der Waals surface area contributed by atoms with E-state index in [1.165, 1.54) is 18.3 Å². The lowest BCUT2D eigenvalue weighted by Crippen LogP contribution is -2.28. The molecule has 222 valence electrons. The van der Waals surface area contributed by atoms with Gasteiger partial charge in [0, 0.05) is 35.7 Å². The van der Waals surface area contributed by atoms with Crippen molar-refractivity contribution >= 4 is 43.5 Å². The van der Waals surface area contributed by atoms with E-state index in [2.05, 4.69) is 30.5 Å². The number of nitrogens with zero attached hydrogens (tertiary/aromatic N) is 5. The Morgan fingerprint density at radius 1 is 1.00 bits per heavy atom. The fourth-order valence-corrected chi connectivity index (χ4v) is 5.85. The number of aromatic amines is 2. The van der Waals surface area contributed by atoms with E-state index >= 15 is 0 Å². The van der Waals surface area contributed by atoms with Crippen LogP contribution >= 0.6 is 0 Å². The molecular formula is C30H26FN9O3S. The summed E-state index contributed by atoms with van der Waals surface area (Å²) in [5.41, 5.74) is 11.5. The van der Waals surface area contributed by atoms with Crippen LogP contribution in [0.2, 0.25) is 0 Å². The zero-order chi connectivity index (χ0) is 30.6. The molecule has 1 unspecified atom stereocenters. The molecule has 1 fully saturated rings. The lowest BCUT2D eigenvalue weighted by Gasteiger charge is -2.24. The van der Waals surface area contributed by atoms with E-state index in [0.29, 0.717) is 56.1 Å². The quantitative estimate of drug-likeness (QED) is 0.202. The fraction of sp³-hybridized carbons (Fsp3) is 0.200. The van der Waals surface area contributed by atoms with Crippen molar-refractivity contribution in [2.75, 3.05) is 11.6 Å². The summed E-state index contributed by atoms with van der Waals surface area (Å²) in [6.07, 6.45) is 10.3. The van der Waals surface area contributed by atoms with Crippen molar-refractivity contribution in [3.8, 4) is 33.9 Å². The van der Waals surface area contributed by atoms with Crippen molar-refractivity contribution in [2.45, 2.75) is 24.6 Å². The number of nitrogens with two attached hydrogens (primary N) is 1. The number of nitrogens with one attached hydrogen (secondary N) is 3. The van der Waals surface area contributed by atoms with E-state index < -0.39 is 21.0 Å². The van der Waals surface area contributed by atoms with Gasteiger partial charge in [0.05, 0.1) is 40.3 Å². The molecule has 14 heteroatoms. The van der Waals surface area contributed by atoms with Gasteiger partial charge in [-0.25, -0.2) is 22.8 Å². The normalized spacial score (nSPS) is 14.5. The van der Waals surface area contributed by atoms with Crippen LogP contribution in [0, 0.1) is 11.7 Å². The Morgan fingerprint density at radius 3 is 2.59 bits per heavy atom. The van der Waals surface area contributed by atoms with Crippen molar-refractivity contribution in [3.05, 3.63) is 72.6 Å². The molecule has 0 saturated heterocycles. The average molecular weight is 612 g/mol. The monoisotopic (exact) mass is 611 g/mol. The van der Waals surface area contributed by atoms with Crippen LogP contribution in [-0.2, 0) is 14.6 Å². The van der Waals surface area contributed by atoms with Crippen LogP contribution in [-0.4, -0.2) is 55.7 Å². The third kappa shape index (κ3) is 5.07. The van der Waals surface area contributed by atoms with Crippen LogP contribution in [0.4, 0.5) is 10.1 Å². The predicted molar refractivity (Wildman–Crippen MR) is 163 cm³/mol. The number of aromatic nitrogens is 7. The summed E-state index contributed by atoms with van der Waals surface area (Å²) in [6.45, 7) is 0. The summed E-state index contributed by atoms with van der Waals surface area (Å²) in [7, 11) is -3.66. The number of amides is 1. The first-order valence-electron chi connectivity index (χ1n) is 13.8. The molecule has 1 aliphatic carbocycles. The number of hydrogen-bond donors (Lipinski definition) is 4. The Balaban J connectivity index is 1.26. The Morgan fingerprint density at radius 2 is 1.82 bits per heavy atom. The standard InChI is InChI=1S/C30H26FN9O3S/c1-44(42,43)28(32)17-7-16(8-19(31)9-17)21-13-34-14-24-25(21)38-29(37-24)27-26-23(39-40-27)6-5-22(36-26)18-10-20(12-33-11-18)35-30(41)15-3-2-4-15/h5-15,28H,2-4,32H2,1H3,(H,35,41)(H,37,38)(H,39,40). The minimum atomic E-state index is -3.66. The largest absolute Gasteiger partial charge is 0.335 e. The fourth-order valence-electron chi connectivity index (χ4n) is 5.22. The van der Waals surface area contributed by atoms with Crippen LogP contribution in [0.15, 0.2) is 61.2 Å². The number of pyridine rings is 3.